The van der Waals surface area contributed by atoms with Gasteiger partial charge in [-0.2, -0.15) is 5.10 Å². The molecule has 0 aliphatic rings. The van der Waals surface area contributed by atoms with Crippen LogP contribution in [0.5, 0.6) is 11.5 Å². The highest BCUT2D eigenvalue weighted by Gasteiger charge is 2.28. The Kier molecular flexibility index (Phi) is 9.27. The van der Waals surface area contributed by atoms with Gasteiger partial charge in [-0.15, -0.1) is 0 Å². The number of aromatic nitrogens is 1. The summed E-state index contributed by atoms with van der Waals surface area (Å²) >= 11 is 12.6. The average Bonchev–Trinajstić information content (AvgIpc) is 3.25. The molecule has 12 heteroatoms. The summed E-state index contributed by atoms with van der Waals surface area (Å²) in [5.74, 6) is -0.0186. The van der Waals surface area contributed by atoms with Gasteiger partial charge in [-0.3, -0.25) is 9.10 Å². The van der Waals surface area contributed by atoms with Crippen LogP contribution < -0.4 is 19.2 Å². The van der Waals surface area contributed by atoms with Crippen molar-refractivity contribution in [2.24, 2.45) is 5.10 Å². The van der Waals surface area contributed by atoms with E-state index in [-0.39, 0.29) is 10.6 Å². The normalized spacial score (nSPS) is 11.5. The number of carbonyl (C=O) groups excluding carboxylic acids is 1. The molecule has 1 heterocycles. The molecule has 1 aromatic heterocycles. The number of amides is 1. The van der Waals surface area contributed by atoms with Gasteiger partial charge in [0.25, 0.3) is 15.9 Å². The molecule has 3 aromatic carbocycles. The highest BCUT2D eigenvalue weighted by molar-refractivity contribution is 7.92. The van der Waals surface area contributed by atoms with Gasteiger partial charge >= 0.3 is 0 Å². The number of benzene rings is 3. The number of nitrogens with zero attached hydrogens (tertiary/aromatic N) is 3. The predicted octanol–water partition coefficient (Wildman–Crippen LogP) is 5.76. The van der Waals surface area contributed by atoms with Crippen molar-refractivity contribution in [2.45, 2.75) is 18.7 Å². The Morgan fingerprint density at radius 3 is 2.37 bits per heavy atom. The second-order valence-corrected chi connectivity index (χ2v) is 11.5. The molecule has 214 valence electrons. The molecule has 0 radical (unpaired) electrons. The van der Waals surface area contributed by atoms with Crippen LogP contribution in [-0.2, 0) is 14.8 Å². The maximum Gasteiger partial charge on any atom is 0.264 e. The minimum absolute atomic E-state index is 0.0672. The Balaban J connectivity index is 1.57. The molecule has 0 unspecified atom stereocenters. The highest BCUT2D eigenvalue weighted by atomic mass is 35.5. The molecule has 4 rings (SSSR count). The Hall–Kier alpha value is -3.99. The van der Waals surface area contributed by atoms with Gasteiger partial charge in [0, 0.05) is 23.0 Å². The molecule has 0 aliphatic carbocycles. The third-order valence-electron chi connectivity index (χ3n) is 6.31. The van der Waals surface area contributed by atoms with Crippen LogP contribution in [0, 0.1) is 13.8 Å². The molecule has 0 spiro atoms. The van der Waals surface area contributed by atoms with E-state index in [1.807, 2.05) is 36.6 Å². The third-order valence-corrected chi connectivity index (χ3v) is 8.89. The summed E-state index contributed by atoms with van der Waals surface area (Å²) in [5, 5.41) is 4.94. The summed E-state index contributed by atoms with van der Waals surface area (Å²) in [7, 11) is -1.30. The average molecular weight is 616 g/mol. The van der Waals surface area contributed by atoms with E-state index in [4.69, 9.17) is 32.7 Å². The molecule has 0 fully saturated rings. The lowest BCUT2D eigenvalue weighted by Crippen LogP contribution is -2.39. The molecule has 4 aromatic rings. The molecular formula is C29H28Cl2N4O5S. The molecular weight excluding hydrogens is 587 g/mol. The largest absolute Gasteiger partial charge is 0.493 e. The van der Waals surface area contributed by atoms with Crippen molar-refractivity contribution in [1.29, 1.82) is 0 Å². The van der Waals surface area contributed by atoms with E-state index in [0.29, 0.717) is 21.5 Å². The molecule has 0 aliphatic heterocycles. The van der Waals surface area contributed by atoms with Crippen molar-refractivity contribution in [3.8, 4) is 17.2 Å². The fourth-order valence-corrected chi connectivity index (χ4v) is 6.12. The number of ether oxygens (including phenoxy) is 2. The Labute approximate surface area is 249 Å². The van der Waals surface area contributed by atoms with Crippen LogP contribution in [0.3, 0.4) is 0 Å². The van der Waals surface area contributed by atoms with Gasteiger partial charge in [-0.25, -0.2) is 13.8 Å². The lowest BCUT2D eigenvalue weighted by atomic mass is 10.2. The van der Waals surface area contributed by atoms with Crippen LogP contribution in [-0.4, -0.2) is 45.9 Å². The summed E-state index contributed by atoms with van der Waals surface area (Å²) in [6.07, 6.45) is 1.49. The molecule has 0 saturated heterocycles. The first-order valence-corrected chi connectivity index (χ1v) is 14.5. The number of nitrogens with one attached hydrogen (secondary N) is 1. The van der Waals surface area contributed by atoms with Crippen LogP contribution >= 0.6 is 23.2 Å². The number of carbonyl (C=O) groups is 1. The molecule has 0 bridgehead atoms. The molecule has 0 saturated carbocycles. The standard InChI is InChI=1S/C29H28Cl2N4O5S/c1-19-15-21(20(2)35(19)25-12-8-11-24(30)29(25)31)17-32-33-28(36)18-34(22-9-6-5-7-10-22)41(37,38)23-13-14-26(39-3)27(16-23)40-4/h5-17H,18H2,1-4H3,(H,33,36)/b32-17-. The number of hydrogen-bond donors (Lipinski definition) is 1. The van der Waals surface area contributed by atoms with Gasteiger partial charge in [0.1, 0.15) is 6.54 Å². The van der Waals surface area contributed by atoms with Crippen LogP contribution in [0.4, 0.5) is 5.69 Å². The number of halogens is 2. The van der Waals surface area contributed by atoms with E-state index in [1.54, 1.807) is 36.4 Å². The maximum atomic E-state index is 13.7. The molecule has 1 N–H and O–H groups in total. The third kappa shape index (κ3) is 6.35. The van der Waals surface area contributed by atoms with Crippen LogP contribution in [0.15, 0.2) is 82.8 Å². The van der Waals surface area contributed by atoms with Gasteiger partial charge in [0.15, 0.2) is 11.5 Å². The van der Waals surface area contributed by atoms with E-state index in [1.165, 1.54) is 38.6 Å². The molecule has 0 atom stereocenters. The lowest BCUT2D eigenvalue weighted by Gasteiger charge is -2.24. The van der Waals surface area contributed by atoms with Gasteiger partial charge in [-0.1, -0.05) is 47.5 Å². The summed E-state index contributed by atoms with van der Waals surface area (Å²) in [6, 6.07) is 19.8. The second-order valence-electron chi connectivity index (χ2n) is 8.89. The van der Waals surface area contributed by atoms with Crippen molar-refractivity contribution in [3.63, 3.8) is 0 Å². The Morgan fingerprint density at radius 1 is 0.976 bits per heavy atom. The number of hydrogen-bond acceptors (Lipinski definition) is 6. The topological polar surface area (TPSA) is 102 Å². The highest BCUT2D eigenvalue weighted by Crippen LogP contribution is 2.33. The molecule has 9 nitrogen and oxygen atoms in total. The van der Waals surface area contributed by atoms with Crippen LogP contribution in [0.25, 0.3) is 5.69 Å². The zero-order valence-electron chi connectivity index (χ0n) is 22.8. The van der Waals surface area contributed by atoms with Crippen molar-refractivity contribution < 1.29 is 22.7 Å². The maximum absolute atomic E-state index is 13.7. The van der Waals surface area contributed by atoms with Gasteiger partial charge in [-0.05, 0) is 56.3 Å². The van der Waals surface area contributed by atoms with Crippen molar-refractivity contribution in [3.05, 3.63) is 99.8 Å². The fourth-order valence-electron chi connectivity index (χ4n) is 4.31. The summed E-state index contributed by atoms with van der Waals surface area (Å²) in [5.41, 5.74) is 5.91. The number of sulfonamides is 1. The number of para-hydroxylation sites is 1. The summed E-state index contributed by atoms with van der Waals surface area (Å²) in [6.45, 7) is 3.28. The number of rotatable bonds is 10. The van der Waals surface area contributed by atoms with Gasteiger partial charge < -0.3 is 14.0 Å². The number of anilines is 1. The van der Waals surface area contributed by atoms with Gasteiger partial charge in [0.05, 0.1) is 46.7 Å². The molecule has 1 amide bonds. The Morgan fingerprint density at radius 2 is 1.68 bits per heavy atom. The zero-order valence-corrected chi connectivity index (χ0v) is 25.1. The first kappa shape index (κ1) is 30.0. The van der Waals surface area contributed by atoms with Gasteiger partial charge in [0.2, 0.25) is 0 Å². The summed E-state index contributed by atoms with van der Waals surface area (Å²) in [4.78, 5) is 12.9. The fraction of sp³-hybridized carbons (Fsp3) is 0.172. The smallest absolute Gasteiger partial charge is 0.264 e. The number of hydrazone groups is 1. The quantitative estimate of drug-likeness (QED) is 0.181. The van der Waals surface area contributed by atoms with E-state index < -0.39 is 22.5 Å². The minimum atomic E-state index is -4.17. The lowest BCUT2D eigenvalue weighted by molar-refractivity contribution is -0.119. The van der Waals surface area contributed by atoms with Crippen molar-refractivity contribution in [1.82, 2.24) is 9.99 Å². The second kappa shape index (κ2) is 12.7. The van der Waals surface area contributed by atoms with Crippen molar-refractivity contribution >= 4 is 51.0 Å². The van der Waals surface area contributed by atoms with E-state index in [0.717, 1.165) is 26.9 Å². The number of aryl methyl sites for hydroxylation is 1. The van der Waals surface area contributed by atoms with E-state index in [2.05, 4.69) is 10.5 Å². The van der Waals surface area contributed by atoms with E-state index in [9.17, 15) is 13.2 Å². The Bertz CT molecular complexity index is 1710. The monoisotopic (exact) mass is 614 g/mol. The summed E-state index contributed by atoms with van der Waals surface area (Å²) < 4.78 is 40.8. The first-order valence-electron chi connectivity index (χ1n) is 12.3. The number of methoxy groups -OCH3 is 2. The zero-order chi connectivity index (χ0) is 29.7. The van der Waals surface area contributed by atoms with Crippen LogP contribution in [0.2, 0.25) is 10.0 Å². The van der Waals surface area contributed by atoms with Crippen LogP contribution in [0.1, 0.15) is 17.0 Å². The van der Waals surface area contributed by atoms with Crippen molar-refractivity contribution in [2.75, 3.05) is 25.1 Å². The first-order chi connectivity index (χ1) is 19.6. The van der Waals surface area contributed by atoms with E-state index >= 15 is 0 Å². The minimum Gasteiger partial charge on any atom is -0.493 e. The molecule has 41 heavy (non-hydrogen) atoms. The SMILES string of the molecule is COc1ccc(S(=O)(=O)N(CC(=O)N/N=C\c2cc(C)n(-c3cccc(Cl)c3Cl)c2C)c2ccccc2)cc1OC. The predicted molar refractivity (Wildman–Crippen MR) is 162 cm³/mol.